The van der Waals surface area contributed by atoms with Gasteiger partial charge in [-0.1, -0.05) is 0 Å². The Bertz CT molecular complexity index is 131. The Morgan fingerprint density at radius 1 is 1.25 bits per heavy atom. The van der Waals surface area contributed by atoms with E-state index in [1.807, 2.05) is 13.8 Å². The predicted molar refractivity (Wildman–Crippen MR) is 42.2 cm³/mol. The van der Waals surface area contributed by atoms with Crippen LogP contribution in [0.5, 0.6) is 0 Å². The Balaban J connectivity index is 0. The SMILES string of the molecule is CC(=O)CC(C)=O.CC(C)[O][Ti]. The van der Waals surface area contributed by atoms with Crippen LogP contribution in [0.4, 0.5) is 0 Å². The molecule has 0 rings (SSSR count). The molecule has 0 aliphatic carbocycles. The van der Waals surface area contributed by atoms with E-state index in [-0.39, 0.29) is 18.0 Å². The molecule has 4 heteroatoms. The molecular formula is C8H15O3Ti. The first-order valence-electron chi connectivity index (χ1n) is 3.71. The quantitative estimate of drug-likeness (QED) is 0.519. The van der Waals surface area contributed by atoms with E-state index >= 15 is 0 Å². The van der Waals surface area contributed by atoms with Crippen LogP contribution in [0.15, 0.2) is 0 Å². The van der Waals surface area contributed by atoms with Crippen LogP contribution in [-0.2, 0) is 33.7 Å². The van der Waals surface area contributed by atoms with Crippen molar-refractivity contribution in [3.8, 4) is 0 Å². The molecule has 0 saturated carbocycles. The van der Waals surface area contributed by atoms with E-state index in [1.165, 1.54) is 13.8 Å². The summed E-state index contributed by atoms with van der Waals surface area (Å²) in [5, 5.41) is 0. The molecule has 0 bridgehead atoms. The van der Waals surface area contributed by atoms with Crippen LogP contribution in [0.2, 0.25) is 0 Å². The van der Waals surface area contributed by atoms with Crippen LogP contribution in [0.1, 0.15) is 34.1 Å². The van der Waals surface area contributed by atoms with Crippen molar-refractivity contribution in [2.45, 2.75) is 40.2 Å². The summed E-state index contributed by atoms with van der Waals surface area (Å²) in [6.45, 7) is 6.81. The van der Waals surface area contributed by atoms with Gasteiger partial charge in [-0.05, 0) is 13.8 Å². The fourth-order valence-electron chi connectivity index (χ4n) is 0.351. The summed E-state index contributed by atoms with van der Waals surface area (Å²) in [5.41, 5.74) is 0. The molecule has 0 aromatic heterocycles. The molecule has 0 unspecified atom stereocenters. The molecule has 0 radical (unpaired) electrons. The summed E-state index contributed by atoms with van der Waals surface area (Å²) < 4.78 is 4.75. The van der Waals surface area contributed by atoms with Gasteiger partial charge in [-0.2, -0.15) is 0 Å². The molecule has 0 amide bonds. The number of carbonyl (C=O) groups is 2. The third-order valence-corrected chi connectivity index (χ3v) is 1.47. The van der Waals surface area contributed by atoms with E-state index in [2.05, 4.69) is 0 Å². The Kier molecular flexibility index (Phi) is 11.0. The molecule has 0 aliphatic rings. The fourth-order valence-corrected chi connectivity index (χ4v) is 0.351. The Labute approximate surface area is 85.7 Å². The van der Waals surface area contributed by atoms with Gasteiger partial charge in [0.05, 0.1) is 6.42 Å². The van der Waals surface area contributed by atoms with Crippen LogP contribution in [0, 0.1) is 0 Å². The van der Waals surface area contributed by atoms with Crippen molar-refractivity contribution in [3.05, 3.63) is 0 Å². The average Bonchev–Trinajstić information content (AvgIpc) is 1.85. The van der Waals surface area contributed by atoms with Gasteiger partial charge >= 0.3 is 44.1 Å². The maximum absolute atomic E-state index is 10.0. The van der Waals surface area contributed by atoms with Crippen LogP contribution in [-0.4, -0.2) is 17.7 Å². The van der Waals surface area contributed by atoms with Crippen molar-refractivity contribution in [2.24, 2.45) is 0 Å². The van der Waals surface area contributed by atoms with Crippen molar-refractivity contribution in [2.75, 3.05) is 0 Å². The molecule has 0 aromatic carbocycles. The number of carbonyl (C=O) groups excluding carboxylic acids is 2. The molecule has 0 heterocycles. The van der Waals surface area contributed by atoms with Gasteiger partial charge in [0.15, 0.2) is 0 Å². The molecule has 0 aromatic rings. The van der Waals surface area contributed by atoms with E-state index < -0.39 is 0 Å². The summed E-state index contributed by atoms with van der Waals surface area (Å²) in [4.78, 5) is 20.1. The summed E-state index contributed by atoms with van der Waals surface area (Å²) in [6.07, 6.45) is 0.468. The number of rotatable bonds is 3. The second-order valence-electron chi connectivity index (χ2n) is 2.75. The summed E-state index contributed by atoms with van der Waals surface area (Å²) >= 11 is 1.70. The predicted octanol–water partition coefficient (Wildman–Crippen LogP) is 1.43. The van der Waals surface area contributed by atoms with E-state index in [0.717, 1.165) is 0 Å². The number of ketones is 2. The zero-order chi connectivity index (χ0) is 10.1. The van der Waals surface area contributed by atoms with Crippen molar-refractivity contribution in [1.82, 2.24) is 0 Å². The monoisotopic (exact) mass is 207 g/mol. The van der Waals surface area contributed by atoms with Crippen molar-refractivity contribution >= 4 is 11.6 Å². The van der Waals surface area contributed by atoms with Gasteiger partial charge in [0.25, 0.3) is 0 Å². The Morgan fingerprint density at radius 3 is 1.50 bits per heavy atom. The van der Waals surface area contributed by atoms with E-state index in [9.17, 15) is 9.59 Å². The molecule has 0 saturated heterocycles. The molecule has 0 fully saturated rings. The molecule has 0 atom stereocenters. The summed E-state index contributed by atoms with van der Waals surface area (Å²) in [6, 6.07) is 0. The Morgan fingerprint density at radius 2 is 1.50 bits per heavy atom. The summed E-state index contributed by atoms with van der Waals surface area (Å²) in [5.74, 6) is -0.125. The zero-order valence-electron chi connectivity index (χ0n) is 8.01. The van der Waals surface area contributed by atoms with Gasteiger partial charge in [0, 0.05) is 0 Å². The summed E-state index contributed by atoms with van der Waals surface area (Å²) in [7, 11) is 0. The first-order valence-corrected chi connectivity index (χ1v) is 4.35. The van der Waals surface area contributed by atoms with Gasteiger partial charge in [0.1, 0.15) is 11.6 Å². The molecular weight excluding hydrogens is 192 g/mol. The normalized spacial score (nSPS) is 8.67. The van der Waals surface area contributed by atoms with E-state index in [4.69, 9.17) is 3.32 Å². The fraction of sp³-hybridized carbons (Fsp3) is 0.750. The minimum absolute atomic E-state index is 0.0625. The standard InChI is InChI=1S/C5H8O2.C3H7O.Ti/c1-4(6)3-5(2)7;1-3(2)4;/h3H2,1-2H3;3H,1-2H3;/q;-1;+1. The number of hydrogen-bond donors (Lipinski definition) is 0. The van der Waals surface area contributed by atoms with Gasteiger partial charge in [-0.3, -0.25) is 9.59 Å². The Hall–Kier alpha value is 0.0143. The van der Waals surface area contributed by atoms with Crippen LogP contribution < -0.4 is 0 Å². The van der Waals surface area contributed by atoms with Crippen molar-refractivity contribution < 1.29 is 33.7 Å². The average molecular weight is 207 g/mol. The van der Waals surface area contributed by atoms with Gasteiger partial charge in [0.2, 0.25) is 0 Å². The number of Topliss-reactive ketones (excluding diaryl/α,β-unsaturated/α-hetero) is 2. The van der Waals surface area contributed by atoms with E-state index in [0.29, 0.717) is 6.10 Å². The molecule has 0 N–H and O–H groups in total. The minimum atomic E-state index is -0.0625. The molecule has 0 aliphatic heterocycles. The van der Waals surface area contributed by atoms with Crippen molar-refractivity contribution in [1.29, 1.82) is 0 Å². The molecule has 3 nitrogen and oxygen atoms in total. The zero-order valence-corrected chi connectivity index (χ0v) is 9.57. The molecule has 69 valence electrons. The van der Waals surface area contributed by atoms with Crippen LogP contribution >= 0.6 is 0 Å². The second-order valence-corrected chi connectivity index (χ2v) is 3.12. The topological polar surface area (TPSA) is 43.4 Å². The molecule has 12 heavy (non-hydrogen) atoms. The first kappa shape index (κ1) is 14.5. The number of hydrogen-bond acceptors (Lipinski definition) is 3. The third-order valence-electron chi connectivity index (χ3n) is 0.734. The third kappa shape index (κ3) is 22.5. The van der Waals surface area contributed by atoms with Gasteiger partial charge < -0.3 is 0 Å². The maximum atomic E-state index is 10.0. The second kappa shape index (κ2) is 9.11. The van der Waals surface area contributed by atoms with Crippen LogP contribution in [0.3, 0.4) is 0 Å². The van der Waals surface area contributed by atoms with Crippen LogP contribution in [0.25, 0.3) is 0 Å². The van der Waals surface area contributed by atoms with Crippen molar-refractivity contribution in [3.63, 3.8) is 0 Å². The van der Waals surface area contributed by atoms with Gasteiger partial charge in [-0.15, -0.1) is 0 Å². The van der Waals surface area contributed by atoms with E-state index in [1.54, 1.807) is 20.8 Å². The first-order chi connectivity index (χ1) is 5.40. The molecule has 0 spiro atoms. The van der Waals surface area contributed by atoms with Gasteiger partial charge in [-0.25, -0.2) is 0 Å².